The van der Waals surface area contributed by atoms with Crippen LogP contribution in [-0.2, 0) is 4.79 Å². The molecule has 1 aromatic carbocycles. The summed E-state index contributed by atoms with van der Waals surface area (Å²) in [6.45, 7) is 3.25. The molecule has 0 spiro atoms. The van der Waals surface area contributed by atoms with Crippen LogP contribution in [0.25, 0.3) is 5.69 Å². The zero-order valence-corrected chi connectivity index (χ0v) is 16.3. The van der Waals surface area contributed by atoms with Gasteiger partial charge in [-0.05, 0) is 24.6 Å². The van der Waals surface area contributed by atoms with Crippen molar-refractivity contribution in [3.05, 3.63) is 49.8 Å². The summed E-state index contributed by atoms with van der Waals surface area (Å²) >= 11 is 18.0. The molecule has 0 radical (unpaired) electrons. The van der Waals surface area contributed by atoms with Crippen molar-refractivity contribution < 1.29 is 4.79 Å². The standard InChI is InChI=1S/C17H17Cl3N4O2/c1-2-15(25)23-6-5-10(9-23)22-14-4-3-11(7-12(14)18)24-17(26)16(20)13(19)8-21-24/h3-4,7-8,10,22H,2,5-6,9H2,1H3. The minimum atomic E-state index is -0.513. The molecule has 1 aliphatic rings. The second kappa shape index (κ2) is 7.86. The molecule has 1 amide bonds. The maximum Gasteiger partial charge on any atom is 0.291 e. The number of amides is 1. The van der Waals surface area contributed by atoms with Crippen LogP contribution in [0.5, 0.6) is 0 Å². The highest BCUT2D eigenvalue weighted by molar-refractivity contribution is 6.41. The van der Waals surface area contributed by atoms with Crippen LogP contribution in [0.4, 0.5) is 5.69 Å². The average molecular weight is 416 g/mol. The van der Waals surface area contributed by atoms with Crippen LogP contribution < -0.4 is 10.9 Å². The van der Waals surface area contributed by atoms with Gasteiger partial charge >= 0.3 is 0 Å². The number of rotatable bonds is 4. The van der Waals surface area contributed by atoms with Gasteiger partial charge in [0.15, 0.2) is 0 Å². The van der Waals surface area contributed by atoms with E-state index in [1.807, 2.05) is 11.8 Å². The molecule has 9 heteroatoms. The van der Waals surface area contributed by atoms with Gasteiger partial charge in [0.05, 0.1) is 27.6 Å². The van der Waals surface area contributed by atoms with Crippen LogP contribution in [0.15, 0.2) is 29.2 Å². The fraction of sp³-hybridized carbons (Fsp3) is 0.353. The smallest absolute Gasteiger partial charge is 0.291 e. The first-order valence-corrected chi connectivity index (χ1v) is 9.31. The SMILES string of the molecule is CCC(=O)N1CCC(Nc2ccc(-n3ncc(Cl)c(Cl)c3=O)cc2Cl)C1. The first kappa shape index (κ1) is 19.0. The Hall–Kier alpha value is -1.76. The first-order valence-electron chi connectivity index (χ1n) is 8.18. The number of likely N-dealkylation sites (tertiary alicyclic amines) is 1. The Kier molecular flexibility index (Phi) is 5.75. The van der Waals surface area contributed by atoms with E-state index < -0.39 is 5.56 Å². The Morgan fingerprint density at radius 1 is 1.31 bits per heavy atom. The number of halogens is 3. The molecular weight excluding hydrogens is 399 g/mol. The summed E-state index contributed by atoms with van der Waals surface area (Å²) in [7, 11) is 0. The zero-order chi connectivity index (χ0) is 18.8. The second-order valence-electron chi connectivity index (χ2n) is 6.01. The molecule has 1 aliphatic heterocycles. The van der Waals surface area contributed by atoms with E-state index in [-0.39, 0.29) is 22.0 Å². The molecule has 2 heterocycles. The normalized spacial score (nSPS) is 16.8. The zero-order valence-electron chi connectivity index (χ0n) is 14.0. The predicted octanol–water partition coefficient (Wildman–Crippen LogP) is 3.62. The van der Waals surface area contributed by atoms with Gasteiger partial charge in [0.1, 0.15) is 5.02 Å². The molecule has 0 saturated carbocycles. The number of aromatic nitrogens is 2. The highest BCUT2D eigenvalue weighted by Crippen LogP contribution is 2.27. The summed E-state index contributed by atoms with van der Waals surface area (Å²) in [5.41, 5.74) is 0.707. The summed E-state index contributed by atoms with van der Waals surface area (Å²) in [5.74, 6) is 0.154. The number of benzene rings is 1. The van der Waals surface area contributed by atoms with Crippen molar-refractivity contribution in [3.8, 4) is 5.69 Å². The molecule has 1 N–H and O–H groups in total. The number of hydrogen-bond donors (Lipinski definition) is 1. The maximum absolute atomic E-state index is 12.2. The summed E-state index contributed by atoms with van der Waals surface area (Å²) in [6.07, 6.45) is 2.68. The van der Waals surface area contributed by atoms with Crippen molar-refractivity contribution in [2.45, 2.75) is 25.8 Å². The molecule has 1 unspecified atom stereocenters. The highest BCUT2D eigenvalue weighted by atomic mass is 35.5. The third-order valence-electron chi connectivity index (χ3n) is 4.28. The molecular formula is C17H17Cl3N4O2. The minimum Gasteiger partial charge on any atom is -0.379 e. The van der Waals surface area contributed by atoms with Crippen molar-refractivity contribution in [3.63, 3.8) is 0 Å². The largest absolute Gasteiger partial charge is 0.379 e. The molecule has 3 rings (SSSR count). The van der Waals surface area contributed by atoms with Gasteiger partial charge in [0.25, 0.3) is 5.56 Å². The van der Waals surface area contributed by atoms with Crippen LogP contribution in [-0.4, -0.2) is 39.7 Å². The van der Waals surface area contributed by atoms with Gasteiger partial charge < -0.3 is 10.2 Å². The third-order valence-corrected chi connectivity index (χ3v) is 5.34. The van der Waals surface area contributed by atoms with Crippen LogP contribution in [0.1, 0.15) is 19.8 Å². The van der Waals surface area contributed by atoms with Crippen molar-refractivity contribution >= 4 is 46.4 Å². The molecule has 1 atom stereocenters. The van der Waals surface area contributed by atoms with Crippen LogP contribution >= 0.6 is 34.8 Å². The summed E-state index contributed by atoms with van der Waals surface area (Å²) < 4.78 is 1.14. The van der Waals surface area contributed by atoms with Gasteiger partial charge in [-0.25, -0.2) is 0 Å². The average Bonchev–Trinajstić information content (AvgIpc) is 3.09. The lowest BCUT2D eigenvalue weighted by molar-refractivity contribution is -0.129. The molecule has 1 aromatic heterocycles. The lowest BCUT2D eigenvalue weighted by Crippen LogP contribution is -2.31. The summed E-state index contributed by atoms with van der Waals surface area (Å²) in [4.78, 5) is 25.8. The van der Waals surface area contributed by atoms with Crippen molar-refractivity contribution in [2.24, 2.45) is 0 Å². The van der Waals surface area contributed by atoms with E-state index in [1.165, 1.54) is 6.20 Å². The first-order chi connectivity index (χ1) is 12.4. The van der Waals surface area contributed by atoms with Gasteiger partial charge in [-0.15, -0.1) is 0 Å². The molecule has 0 aliphatic carbocycles. The Morgan fingerprint density at radius 3 is 2.77 bits per heavy atom. The number of anilines is 1. The monoisotopic (exact) mass is 414 g/mol. The quantitative estimate of drug-likeness (QED) is 0.828. The number of nitrogens with zero attached hydrogens (tertiary/aromatic N) is 3. The molecule has 26 heavy (non-hydrogen) atoms. The van der Waals surface area contributed by atoms with E-state index in [2.05, 4.69) is 10.4 Å². The molecule has 1 fully saturated rings. The van der Waals surface area contributed by atoms with E-state index in [4.69, 9.17) is 34.8 Å². The molecule has 6 nitrogen and oxygen atoms in total. The number of nitrogens with one attached hydrogen (secondary N) is 1. The van der Waals surface area contributed by atoms with Gasteiger partial charge in [-0.3, -0.25) is 9.59 Å². The summed E-state index contributed by atoms with van der Waals surface area (Å²) in [6, 6.07) is 5.27. The van der Waals surface area contributed by atoms with Gasteiger partial charge in [-0.2, -0.15) is 9.78 Å². The number of carbonyl (C=O) groups excluding carboxylic acids is 1. The van der Waals surface area contributed by atoms with E-state index >= 15 is 0 Å². The number of carbonyl (C=O) groups is 1. The van der Waals surface area contributed by atoms with Gasteiger partial charge in [-0.1, -0.05) is 41.7 Å². The number of hydrogen-bond acceptors (Lipinski definition) is 4. The lowest BCUT2D eigenvalue weighted by Gasteiger charge is -2.18. The molecule has 2 aromatic rings. The van der Waals surface area contributed by atoms with Gasteiger partial charge in [0, 0.05) is 25.6 Å². The van der Waals surface area contributed by atoms with Crippen LogP contribution in [0.2, 0.25) is 15.1 Å². The third kappa shape index (κ3) is 3.82. The molecule has 0 bridgehead atoms. The van der Waals surface area contributed by atoms with Crippen LogP contribution in [0, 0.1) is 0 Å². The van der Waals surface area contributed by atoms with E-state index in [0.29, 0.717) is 23.7 Å². The fourth-order valence-electron chi connectivity index (χ4n) is 2.90. The second-order valence-corrected chi connectivity index (χ2v) is 7.20. The predicted molar refractivity (Wildman–Crippen MR) is 104 cm³/mol. The van der Waals surface area contributed by atoms with Crippen molar-refractivity contribution in [1.82, 2.24) is 14.7 Å². The highest BCUT2D eigenvalue weighted by Gasteiger charge is 2.25. The topological polar surface area (TPSA) is 67.2 Å². The van der Waals surface area contributed by atoms with Crippen molar-refractivity contribution in [1.29, 1.82) is 0 Å². The fourth-order valence-corrected chi connectivity index (χ4v) is 3.38. The van der Waals surface area contributed by atoms with E-state index in [9.17, 15) is 9.59 Å². The Morgan fingerprint density at radius 2 is 2.08 bits per heavy atom. The van der Waals surface area contributed by atoms with E-state index in [1.54, 1.807) is 18.2 Å². The maximum atomic E-state index is 12.2. The Balaban J connectivity index is 1.78. The molecule has 138 valence electrons. The van der Waals surface area contributed by atoms with Gasteiger partial charge in [0.2, 0.25) is 5.91 Å². The summed E-state index contributed by atoms with van der Waals surface area (Å²) in [5, 5.41) is 7.79. The van der Waals surface area contributed by atoms with E-state index in [0.717, 1.165) is 23.3 Å². The van der Waals surface area contributed by atoms with Crippen molar-refractivity contribution in [2.75, 3.05) is 18.4 Å². The van der Waals surface area contributed by atoms with Crippen LogP contribution in [0.3, 0.4) is 0 Å². The minimum absolute atomic E-state index is 0.0911. The molecule has 1 saturated heterocycles. The Labute approximate surface area is 165 Å². The Bertz CT molecular complexity index is 900. The lowest BCUT2D eigenvalue weighted by atomic mass is 10.2.